The first kappa shape index (κ1) is 22.4. The van der Waals surface area contributed by atoms with E-state index >= 15 is 0 Å². The second-order valence-electron chi connectivity index (χ2n) is 6.64. The fourth-order valence-corrected chi connectivity index (χ4v) is 3.04. The van der Waals surface area contributed by atoms with Gasteiger partial charge in [-0.2, -0.15) is 5.10 Å². The van der Waals surface area contributed by atoms with Crippen LogP contribution in [-0.2, 0) is 17.8 Å². The number of ether oxygens (including phenoxy) is 3. The lowest BCUT2D eigenvalue weighted by atomic mass is 10.1. The molecule has 7 heteroatoms. The molecule has 31 heavy (non-hydrogen) atoms. The molecule has 6 nitrogen and oxygen atoms in total. The zero-order chi connectivity index (χ0) is 22.1. The molecule has 0 fully saturated rings. The van der Waals surface area contributed by atoms with Crippen LogP contribution in [0, 0.1) is 0 Å². The largest absolute Gasteiger partial charge is 0.497 e. The first-order valence-corrected chi connectivity index (χ1v) is 10.4. The van der Waals surface area contributed by atoms with Crippen LogP contribution >= 0.6 is 15.9 Å². The van der Waals surface area contributed by atoms with Crippen molar-refractivity contribution in [2.75, 3.05) is 14.2 Å². The third-order valence-electron chi connectivity index (χ3n) is 4.42. The Bertz CT molecular complexity index is 1030. The van der Waals surface area contributed by atoms with E-state index < -0.39 is 0 Å². The molecule has 160 valence electrons. The highest BCUT2D eigenvalue weighted by Crippen LogP contribution is 2.28. The fourth-order valence-electron chi connectivity index (χ4n) is 2.77. The highest BCUT2D eigenvalue weighted by atomic mass is 79.9. The first-order chi connectivity index (χ1) is 15.1. The summed E-state index contributed by atoms with van der Waals surface area (Å²) in [5.74, 6) is 1.76. The Morgan fingerprint density at radius 1 is 0.935 bits per heavy atom. The number of nitrogens with one attached hydrogen (secondary N) is 1. The lowest BCUT2D eigenvalue weighted by Gasteiger charge is -2.11. The molecule has 0 atom stereocenters. The smallest absolute Gasteiger partial charge is 0.244 e. The summed E-state index contributed by atoms with van der Waals surface area (Å²) in [5.41, 5.74) is 5.24. The number of methoxy groups -OCH3 is 2. The Kier molecular flexibility index (Phi) is 8.06. The summed E-state index contributed by atoms with van der Waals surface area (Å²) in [5, 5.41) is 4.03. The van der Waals surface area contributed by atoms with Crippen molar-refractivity contribution in [3.63, 3.8) is 0 Å². The van der Waals surface area contributed by atoms with Gasteiger partial charge in [0.2, 0.25) is 5.91 Å². The Balaban J connectivity index is 1.55. The van der Waals surface area contributed by atoms with E-state index in [9.17, 15) is 4.79 Å². The van der Waals surface area contributed by atoms with Gasteiger partial charge in [-0.15, -0.1) is 0 Å². The second kappa shape index (κ2) is 11.2. The van der Waals surface area contributed by atoms with Crippen molar-refractivity contribution < 1.29 is 19.0 Å². The minimum atomic E-state index is -0.206. The standard InChI is InChI=1S/C24H23BrN2O4/c1-29-21-10-5-17(6-11-21)14-24(28)27-26-15-19-7-12-22(23(13-19)30-2)31-16-18-3-8-20(25)9-4-18/h3-13,15H,14,16H2,1-2H3,(H,27,28)/b26-15-. The monoisotopic (exact) mass is 482 g/mol. The SMILES string of the molecule is COc1ccc(CC(=O)N/N=C\c2ccc(OCc3ccc(Br)cc3)c(OC)c2)cc1. The van der Waals surface area contributed by atoms with Gasteiger partial charge >= 0.3 is 0 Å². The summed E-state index contributed by atoms with van der Waals surface area (Å²) < 4.78 is 17.4. The van der Waals surface area contributed by atoms with Crippen LogP contribution in [-0.4, -0.2) is 26.3 Å². The van der Waals surface area contributed by atoms with E-state index in [4.69, 9.17) is 14.2 Å². The number of hydrazone groups is 1. The summed E-state index contributed by atoms with van der Waals surface area (Å²) >= 11 is 3.42. The number of carbonyl (C=O) groups is 1. The van der Waals surface area contributed by atoms with Crippen molar-refractivity contribution >= 4 is 28.1 Å². The maximum atomic E-state index is 12.1. The van der Waals surface area contributed by atoms with Gasteiger partial charge in [0, 0.05) is 4.47 Å². The van der Waals surface area contributed by atoms with Crippen LogP contribution in [0.3, 0.4) is 0 Å². The number of rotatable bonds is 9. The molecular formula is C24H23BrN2O4. The third kappa shape index (κ3) is 6.86. The molecular weight excluding hydrogens is 460 g/mol. The summed E-state index contributed by atoms with van der Waals surface area (Å²) in [4.78, 5) is 12.1. The van der Waals surface area contributed by atoms with E-state index in [2.05, 4.69) is 26.5 Å². The Morgan fingerprint density at radius 2 is 1.65 bits per heavy atom. The van der Waals surface area contributed by atoms with Crippen LogP contribution in [0.2, 0.25) is 0 Å². The van der Waals surface area contributed by atoms with Crippen LogP contribution in [0.4, 0.5) is 0 Å². The van der Waals surface area contributed by atoms with Crippen molar-refractivity contribution in [2.24, 2.45) is 5.10 Å². The molecule has 3 aromatic carbocycles. The number of amides is 1. The maximum absolute atomic E-state index is 12.1. The fraction of sp³-hybridized carbons (Fsp3) is 0.167. The zero-order valence-corrected chi connectivity index (χ0v) is 18.9. The van der Waals surface area contributed by atoms with Crippen molar-refractivity contribution in [3.05, 3.63) is 87.9 Å². The number of nitrogens with zero attached hydrogens (tertiary/aromatic N) is 1. The van der Waals surface area contributed by atoms with E-state index in [0.717, 1.165) is 26.9 Å². The molecule has 0 aliphatic carbocycles. The number of hydrogen-bond donors (Lipinski definition) is 1. The van der Waals surface area contributed by atoms with Crippen LogP contribution in [0.25, 0.3) is 0 Å². The lowest BCUT2D eigenvalue weighted by Crippen LogP contribution is -2.19. The molecule has 0 unspecified atom stereocenters. The molecule has 3 aromatic rings. The molecule has 0 heterocycles. The van der Waals surface area contributed by atoms with E-state index in [1.807, 2.05) is 60.7 Å². The molecule has 0 saturated carbocycles. The quantitative estimate of drug-likeness (QED) is 0.353. The van der Waals surface area contributed by atoms with Gasteiger partial charge in [0.15, 0.2) is 11.5 Å². The minimum absolute atomic E-state index is 0.206. The minimum Gasteiger partial charge on any atom is -0.497 e. The molecule has 0 radical (unpaired) electrons. The Hall–Kier alpha value is -3.32. The number of halogens is 1. The molecule has 0 aromatic heterocycles. The summed E-state index contributed by atoms with van der Waals surface area (Å²) in [7, 11) is 3.19. The molecule has 0 saturated heterocycles. The second-order valence-corrected chi connectivity index (χ2v) is 7.56. The predicted molar refractivity (Wildman–Crippen MR) is 124 cm³/mol. The van der Waals surface area contributed by atoms with Crippen molar-refractivity contribution in [1.29, 1.82) is 0 Å². The van der Waals surface area contributed by atoms with E-state index in [1.165, 1.54) is 0 Å². The average molecular weight is 483 g/mol. The van der Waals surface area contributed by atoms with Gasteiger partial charge in [-0.1, -0.05) is 40.2 Å². The molecule has 1 amide bonds. The van der Waals surface area contributed by atoms with Crippen molar-refractivity contribution in [3.8, 4) is 17.2 Å². The van der Waals surface area contributed by atoms with Crippen molar-refractivity contribution in [1.82, 2.24) is 5.43 Å². The molecule has 0 spiro atoms. The van der Waals surface area contributed by atoms with E-state index in [-0.39, 0.29) is 12.3 Å². The average Bonchev–Trinajstić information content (AvgIpc) is 2.79. The van der Waals surface area contributed by atoms with Gasteiger partial charge in [0.1, 0.15) is 12.4 Å². The highest BCUT2D eigenvalue weighted by molar-refractivity contribution is 9.10. The zero-order valence-electron chi connectivity index (χ0n) is 17.3. The van der Waals surface area contributed by atoms with Crippen LogP contribution in [0.5, 0.6) is 17.2 Å². The summed E-state index contributed by atoms with van der Waals surface area (Å²) in [6.07, 6.45) is 1.79. The van der Waals surface area contributed by atoms with E-state index in [1.54, 1.807) is 26.5 Å². The molecule has 0 aliphatic heterocycles. The van der Waals surface area contributed by atoms with Crippen LogP contribution in [0.1, 0.15) is 16.7 Å². The van der Waals surface area contributed by atoms with E-state index in [0.29, 0.717) is 18.1 Å². The predicted octanol–water partition coefficient (Wildman–Crippen LogP) is 4.74. The van der Waals surface area contributed by atoms with Gasteiger partial charge in [0.25, 0.3) is 0 Å². The normalized spacial score (nSPS) is 10.7. The molecule has 0 aliphatic rings. The van der Waals surface area contributed by atoms with Crippen molar-refractivity contribution in [2.45, 2.75) is 13.0 Å². The highest BCUT2D eigenvalue weighted by Gasteiger charge is 2.06. The number of carbonyl (C=O) groups excluding carboxylic acids is 1. The number of hydrogen-bond acceptors (Lipinski definition) is 5. The molecule has 3 rings (SSSR count). The van der Waals surface area contributed by atoms with Gasteiger partial charge in [-0.25, -0.2) is 5.43 Å². The number of benzene rings is 3. The lowest BCUT2D eigenvalue weighted by molar-refractivity contribution is -0.120. The Labute approximate surface area is 190 Å². The Morgan fingerprint density at radius 3 is 2.32 bits per heavy atom. The van der Waals surface area contributed by atoms with Gasteiger partial charge in [0.05, 0.1) is 26.9 Å². The topological polar surface area (TPSA) is 69.2 Å². The van der Waals surface area contributed by atoms with Gasteiger partial charge < -0.3 is 14.2 Å². The molecule has 0 bridgehead atoms. The summed E-state index contributed by atoms with van der Waals surface area (Å²) in [6, 6.07) is 20.7. The molecule has 1 N–H and O–H groups in total. The maximum Gasteiger partial charge on any atom is 0.244 e. The third-order valence-corrected chi connectivity index (χ3v) is 4.95. The first-order valence-electron chi connectivity index (χ1n) is 9.57. The van der Waals surface area contributed by atoms with Gasteiger partial charge in [-0.05, 0) is 59.2 Å². The van der Waals surface area contributed by atoms with Gasteiger partial charge in [-0.3, -0.25) is 4.79 Å². The van der Waals surface area contributed by atoms with Crippen LogP contribution in [0.15, 0.2) is 76.3 Å². The summed E-state index contributed by atoms with van der Waals surface area (Å²) in [6.45, 7) is 0.429. The van der Waals surface area contributed by atoms with Crippen LogP contribution < -0.4 is 19.6 Å².